The Balaban J connectivity index is 1.76. The van der Waals surface area contributed by atoms with Gasteiger partial charge in [0.15, 0.2) is 6.10 Å². The summed E-state index contributed by atoms with van der Waals surface area (Å²) in [6.45, 7) is 8.16. The van der Waals surface area contributed by atoms with Gasteiger partial charge >= 0.3 is 5.97 Å². The first kappa shape index (κ1) is 20.1. The van der Waals surface area contributed by atoms with Crippen molar-refractivity contribution in [3.63, 3.8) is 0 Å². The first-order valence-electron chi connectivity index (χ1n) is 9.39. The Morgan fingerprint density at radius 1 is 1.21 bits per heavy atom. The van der Waals surface area contributed by atoms with Gasteiger partial charge in [0.25, 0.3) is 5.91 Å². The van der Waals surface area contributed by atoms with Gasteiger partial charge in [-0.1, -0.05) is 0 Å². The van der Waals surface area contributed by atoms with Gasteiger partial charge in [0.05, 0.1) is 36.1 Å². The van der Waals surface area contributed by atoms with Crippen LogP contribution in [-0.2, 0) is 14.3 Å². The maximum absolute atomic E-state index is 12.7. The van der Waals surface area contributed by atoms with Crippen molar-refractivity contribution in [1.29, 1.82) is 0 Å². The molecule has 0 spiro atoms. The van der Waals surface area contributed by atoms with Crippen molar-refractivity contribution >= 4 is 22.8 Å². The van der Waals surface area contributed by atoms with Gasteiger partial charge in [-0.15, -0.1) is 0 Å². The number of aryl methyl sites for hydroxylation is 1. The number of morpholine rings is 1. The van der Waals surface area contributed by atoms with Crippen LogP contribution in [0.4, 0.5) is 0 Å². The van der Waals surface area contributed by atoms with Crippen LogP contribution in [0.1, 0.15) is 36.8 Å². The number of rotatable bonds is 4. The Morgan fingerprint density at radius 2 is 1.89 bits per heavy atom. The maximum atomic E-state index is 12.7. The van der Waals surface area contributed by atoms with E-state index in [1.54, 1.807) is 31.9 Å². The minimum Gasteiger partial charge on any atom is -0.497 e. The van der Waals surface area contributed by atoms with Gasteiger partial charge in [-0.25, -0.2) is 4.79 Å². The Labute approximate surface area is 164 Å². The third-order valence-electron chi connectivity index (χ3n) is 4.80. The topological polar surface area (TPSA) is 78.0 Å². The van der Waals surface area contributed by atoms with Crippen molar-refractivity contribution in [3.8, 4) is 5.75 Å². The summed E-state index contributed by atoms with van der Waals surface area (Å²) in [7, 11) is 1.58. The summed E-state index contributed by atoms with van der Waals surface area (Å²) >= 11 is 0. The number of hydrogen-bond donors (Lipinski definition) is 0. The van der Waals surface area contributed by atoms with Crippen LogP contribution in [0.25, 0.3) is 10.9 Å². The number of carbonyl (C=O) groups is 2. The van der Waals surface area contributed by atoms with E-state index in [4.69, 9.17) is 14.2 Å². The number of benzene rings is 1. The van der Waals surface area contributed by atoms with Crippen LogP contribution in [0.15, 0.2) is 24.3 Å². The van der Waals surface area contributed by atoms with E-state index in [-0.39, 0.29) is 18.1 Å². The van der Waals surface area contributed by atoms with Crippen molar-refractivity contribution in [3.05, 3.63) is 35.5 Å². The summed E-state index contributed by atoms with van der Waals surface area (Å²) in [4.78, 5) is 31.6. The molecule has 1 aliphatic rings. The fraction of sp³-hybridized carbons (Fsp3) is 0.476. The van der Waals surface area contributed by atoms with Gasteiger partial charge in [-0.05, 0) is 52.0 Å². The van der Waals surface area contributed by atoms with Crippen LogP contribution in [0.3, 0.4) is 0 Å². The number of aromatic nitrogens is 1. The lowest BCUT2D eigenvalue weighted by Crippen LogP contribution is -2.51. The molecule has 0 unspecified atom stereocenters. The summed E-state index contributed by atoms with van der Waals surface area (Å²) in [5.41, 5.74) is 1.65. The maximum Gasteiger partial charge on any atom is 0.340 e. The highest BCUT2D eigenvalue weighted by Crippen LogP contribution is 2.23. The van der Waals surface area contributed by atoms with Crippen molar-refractivity contribution < 1.29 is 23.8 Å². The van der Waals surface area contributed by atoms with E-state index in [1.165, 1.54) is 0 Å². The molecule has 28 heavy (non-hydrogen) atoms. The molecule has 1 saturated heterocycles. The second-order valence-corrected chi connectivity index (χ2v) is 7.23. The number of carbonyl (C=O) groups excluding carboxylic acids is 2. The molecular weight excluding hydrogens is 360 g/mol. The Morgan fingerprint density at radius 3 is 2.54 bits per heavy atom. The molecule has 0 bridgehead atoms. The minimum absolute atomic E-state index is 0.0440. The number of hydrogen-bond acceptors (Lipinski definition) is 6. The average molecular weight is 386 g/mol. The molecule has 1 amide bonds. The number of pyridine rings is 1. The molecule has 1 aromatic carbocycles. The quantitative estimate of drug-likeness (QED) is 0.752. The molecule has 2 aromatic rings. The lowest BCUT2D eigenvalue weighted by molar-refractivity contribution is -0.151. The summed E-state index contributed by atoms with van der Waals surface area (Å²) in [6.07, 6.45) is -0.972. The molecule has 1 aliphatic heterocycles. The van der Waals surface area contributed by atoms with Crippen LogP contribution in [-0.4, -0.2) is 60.3 Å². The van der Waals surface area contributed by atoms with Gasteiger partial charge in [-0.3, -0.25) is 9.78 Å². The fourth-order valence-electron chi connectivity index (χ4n) is 3.47. The minimum atomic E-state index is -0.884. The van der Waals surface area contributed by atoms with Crippen molar-refractivity contribution in [2.75, 3.05) is 20.2 Å². The number of amides is 1. The molecule has 3 atom stereocenters. The Bertz CT molecular complexity index is 888. The highest BCUT2D eigenvalue weighted by atomic mass is 16.5. The first-order chi connectivity index (χ1) is 13.3. The fourth-order valence-corrected chi connectivity index (χ4v) is 3.47. The highest BCUT2D eigenvalue weighted by molar-refractivity contribution is 5.96. The van der Waals surface area contributed by atoms with E-state index in [0.29, 0.717) is 30.1 Å². The van der Waals surface area contributed by atoms with Crippen LogP contribution in [0, 0.1) is 6.92 Å². The lowest BCUT2D eigenvalue weighted by Gasteiger charge is -2.36. The van der Waals surface area contributed by atoms with Crippen molar-refractivity contribution in [1.82, 2.24) is 9.88 Å². The molecule has 0 aliphatic carbocycles. The number of nitrogens with zero attached hydrogens (tertiary/aromatic N) is 2. The molecule has 3 rings (SSSR count). The monoisotopic (exact) mass is 386 g/mol. The molecule has 7 nitrogen and oxygen atoms in total. The highest BCUT2D eigenvalue weighted by Gasteiger charge is 2.31. The van der Waals surface area contributed by atoms with Crippen LogP contribution in [0.5, 0.6) is 5.75 Å². The van der Waals surface area contributed by atoms with Crippen LogP contribution in [0.2, 0.25) is 0 Å². The third kappa shape index (κ3) is 4.25. The molecule has 7 heteroatoms. The van der Waals surface area contributed by atoms with Gasteiger partial charge in [0.2, 0.25) is 0 Å². The lowest BCUT2D eigenvalue weighted by atomic mass is 10.1. The SMILES string of the molecule is COc1ccc2nc(C)c(C(=O)O[C@H](C)C(=O)N3C[C@H](C)O[C@@H](C)C3)cc2c1. The molecule has 2 heterocycles. The summed E-state index contributed by atoms with van der Waals surface area (Å²) in [5, 5.41) is 0.770. The van der Waals surface area contributed by atoms with E-state index in [9.17, 15) is 9.59 Å². The molecule has 0 saturated carbocycles. The van der Waals surface area contributed by atoms with E-state index in [2.05, 4.69) is 4.98 Å². The largest absolute Gasteiger partial charge is 0.497 e. The van der Waals surface area contributed by atoms with Gasteiger partial charge in [0, 0.05) is 18.5 Å². The molecule has 1 fully saturated rings. The molecule has 0 N–H and O–H groups in total. The van der Waals surface area contributed by atoms with Gasteiger partial charge < -0.3 is 19.1 Å². The van der Waals surface area contributed by atoms with E-state index >= 15 is 0 Å². The zero-order valence-electron chi connectivity index (χ0n) is 16.9. The molecule has 1 aromatic heterocycles. The number of methoxy groups -OCH3 is 1. The molecular formula is C21H26N2O5. The Kier molecular flexibility index (Phi) is 5.84. The van der Waals surface area contributed by atoms with Gasteiger partial charge in [0.1, 0.15) is 5.75 Å². The predicted molar refractivity (Wildman–Crippen MR) is 104 cm³/mol. The second kappa shape index (κ2) is 8.14. The summed E-state index contributed by atoms with van der Waals surface area (Å²) in [6, 6.07) is 7.18. The van der Waals surface area contributed by atoms with Gasteiger partial charge in [-0.2, -0.15) is 0 Å². The third-order valence-corrected chi connectivity index (χ3v) is 4.80. The molecule has 150 valence electrons. The average Bonchev–Trinajstić information content (AvgIpc) is 2.65. The number of fused-ring (bicyclic) bond motifs is 1. The Hall–Kier alpha value is -2.67. The zero-order valence-corrected chi connectivity index (χ0v) is 16.9. The summed E-state index contributed by atoms with van der Waals surface area (Å²) in [5.74, 6) is -0.107. The second-order valence-electron chi connectivity index (χ2n) is 7.23. The summed E-state index contributed by atoms with van der Waals surface area (Å²) < 4.78 is 16.3. The molecule has 0 radical (unpaired) electrons. The van der Waals surface area contributed by atoms with E-state index < -0.39 is 12.1 Å². The number of ether oxygens (including phenoxy) is 3. The normalized spacial score (nSPS) is 20.7. The zero-order chi connectivity index (χ0) is 20.4. The van der Waals surface area contributed by atoms with Crippen LogP contribution >= 0.6 is 0 Å². The standard InChI is InChI=1S/C21H26N2O5/c1-12-10-23(11-13(2)27-12)20(24)15(4)28-21(25)18-9-16-8-17(26-5)6-7-19(16)22-14(18)3/h6-9,12-13,15H,10-11H2,1-5H3/t12-,13-,15+/m0/s1. The van der Waals surface area contributed by atoms with Crippen molar-refractivity contribution in [2.24, 2.45) is 0 Å². The number of esters is 1. The van der Waals surface area contributed by atoms with Crippen molar-refractivity contribution in [2.45, 2.75) is 46.0 Å². The first-order valence-corrected chi connectivity index (χ1v) is 9.39. The predicted octanol–water partition coefficient (Wildman–Crippen LogP) is 2.73. The van der Waals surface area contributed by atoms with E-state index in [1.807, 2.05) is 32.0 Å². The van der Waals surface area contributed by atoms with Crippen LogP contribution < -0.4 is 4.74 Å². The smallest absolute Gasteiger partial charge is 0.340 e. The van der Waals surface area contributed by atoms with E-state index in [0.717, 1.165) is 10.9 Å².